The van der Waals surface area contributed by atoms with Crippen molar-refractivity contribution in [3.63, 3.8) is 0 Å². The van der Waals surface area contributed by atoms with E-state index in [0.717, 1.165) is 30.2 Å². The third-order valence-electron chi connectivity index (χ3n) is 3.48. The Morgan fingerprint density at radius 2 is 2.10 bits per heavy atom. The van der Waals surface area contributed by atoms with E-state index in [-0.39, 0.29) is 5.56 Å². The molecule has 0 aromatic carbocycles. The predicted molar refractivity (Wildman–Crippen MR) is 88.0 cm³/mol. The van der Waals surface area contributed by atoms with Gasteiger partial charge in [0.05, 0.1) is 5.56 Å². The lowest BCUT2D eigenvalue weighted by molar-refractivity contribution is 0.636. The molecule has 0 aliphatic rings. The molecule has 6 heteroatoms. The summed E-state index contributed by atoms with van der Waals surface area (Å²) >= 11 is 1.43. The molecule has 0 spiro atoms. The Kier molecular flexibility index (Phi) is 5.12. The zero-order valence-electron chi connectivity index (χ0n) is 13.0. The lowest BCUT2D eigenvalue weighted by Crippen LogP contribution is -2.23. The van der Waals surface area contributed by atoms with Crippen LogP contribution in [0.15, 0.2) is 16.9 Å². The molecule has 21 heavy (non-hydrogen) atoms. The van der Waals surface area contributed by atoms with E-state index >= 15 is 0 Å². The van der Waals surface area contributed by atoms with Crippen LogP contribution in [0.2, 0.25) is 0 Å². The summed E-state index contributed by atoms with van der Waals surface area (Å²) in [5.41, 5.74) is 1.62. The summed E-state index contributed by atoms with van der Waals surface area (Å²) < 4.78 is 1.80. The number of anilines is 1. The van der Waals surface area contributed by atoms with Gasteiger partial charge in [-0.15, -0.1) is 10.2 Å². The van der Waals surface area contributed by atoms with E-state index in [9.17, 15) is 4.79 Å². The third kappa shape index (κ3) is 3.50. The zero-order chi connectivity index (χ0) is 15.4. The number of pyridine rings is 1. The SMILES string of the molecule is CCCn1c(C)ccc(-c2nnc(NC(C)CC)s2)c1=O. The largest absolute Gasteiger partial charge is 0.358 e. The first-order valence-corrected chi connectivity index (χ1v) is 8.19. The van der Waals surface area contributed by atoms with Crippen molar-refractivity contribution in [1.82, 2.24) is 14.8 Å². The Morgan fingerprint density at radius 3 is 2.76 bits per heavy atom. The molecule has 1 N–H and O–H groups in total. The van der Waals surface area contributed by atoms with Gasteiger partial charge in [0.15, 0.2) is 5.01 Å². The van der Waals surface area contributed by atoms with E-state index in [0.29, 0.717) is 16.6 Å². The molecule has 114 valence electrons. The van der Waals surface area contributed by atoms with Gasteiger partial charge in [-0.3, -0.25) is 4.79 Å². The molecule has 1 unspecified atom stereocenters. The molecule has 0 saturated carbocycles. The molecule has 2 rings (SSSR count). The number of nitrogens with one attached hydrogen (secondary N) is 1. The molecule has 2 aromatic heterocycles. The van der Waals surface area contributed by atoms with Crippen LogP contribution in [-0.4, -0.2) is 20.8 Å². The van der Waals surface area contributed by atoms with Crippen LogP contribution >= 0.6 is 11.3 Å². The number of hydrogen-bond donors (Lipinski definition) is 1. The van der Waals surface area contributed by atoms with Crippen molar-refractivity contribution in [3.8, 4) is 10.6 Å². The van der Waals surface area contributed by atoms with Crippen molar-refractivity contribution >= 4 is 16.5 Å². The molecule has 0 saturated heterocycles. The Morgan fingerprint density at radius 1 is 1.33 bits per heavy atom. The Balaban J connectivity index is 2.34. The van der Waals surface area contributed by atoms with Crippen LogP contribution in [0.4, 0.5) is 5.13 Å². The zero-order valence-corrected chi connectivity index (χ0v) is 13.8. The van der Waals surface area contributed by atoms with Gasteiger partial charge in [-0.05, 0) is 38.8 Å². The maximum absolute atomic E-state index is 12.5. The molecule has 0 aliphatic heterocycles. The Hall–Kier alpha value is -1.69. The van der Waals surface area contributed by atoms with Gasteiger partial charge in [0.25, 0.3) is 5.56 Å². The van der Waals surface area contributed by atoms with E-state index in [1.54, 1.807) is 4.57 Å². The first kappa shape index (κ1) is 15.7. The van der Waals surface area contributed by atoms with Crippen LogP contribution in [0.25, 0.3) is 10.6 Å². The minimum Gasteiger partial charge on any atom is -0.358 e. The first-order chi connectivity index (χ1) is 10.1. The molecular weight excluding hydrogens is 284 g/mol. The molecule has 0 radical (unpaired) electrons. The van der Waals surface area contributed by atoms with Crippen molar-refractivity contribution in [3.05, 3.63) is 28.2 Å². The van der Waals surface area contributed by atoms with Gasteiger partial charge >= 0.3 is 0 Å². The summed E-state index contributed by atoms with van der Waals surface area (Å²) in [6.07, 6.45) is 1.95. The van der Waals surface area contributed by atoms with Gasteiger partial charge < -0.3 is 9.88 Å². The van der Waals surface area contributed by atoms with Crippen LogP contribution < -0.4 is 10.9 Å². The van der Waals surface area contributed by atoms with Gasteiger partial charge in [-0.1, -0.05) is 25.2 Å². The molecule has 0 fully saturated rings. The molecular formula is C15H22N4OS. The molecule has 5 nitrogen and oxygen atoms in total. The second kappa shape index (κ2) is 6.85. The lowest BCUT2D eigenvalue weighted by atomic mass is 10.2. The number of rotatable bonds is 6. The fourth-order valence-electron chi connectivity index (χ4n) is 2.04. The summed E-state index contributed by atoms with van der Waals surface area (Å²) in [5, 5.41) is 13.0. The number of aromatic nitrogens is 3. The number of aryl methyl sites for hydroxylation is 1. The highest BCUT2D eigenvalue weighted by Gasteiger charge is 2.13. The molecule has 0 amide bonds. The quantitative estimate of drug-likeness (QED) is 0.889. The van der Waals surface area contributed by atoms with Gasteiger partial charge in [-0.2, -0.15) is 0 Å². The topological polar surface area (TPSA) is 59.8 Å². The van der Waals surface area contributed by atoms with Gasteiger partial charge in [0.2, 0.25) is 5.13 Å². The van der Waals surface area contributed by atoms with Crippen LogP contribution in [-0.2, 0) is 6.54 Å². The maximum atomic E-state index is 12.5. The van der Waals surface area contributed by atoms with E-state index in [4.69, 9.17) is 0 Å². The van der Waals surface area contributed by atoms with Crippen molar-refractivity contribution in [2.45, 2.75) is 53.1 Å². The van der Waals surface area contributed by atoms with Crippen molar-refractivity contribution in [2.75, 3.05) is 5.32 Å². The average Bonchev–Trinajstić information content (AvgIpc) is 2.91. The molecule has 0 aliphatic carbocycles. The summed E-state index contributed by atoms with van der Waals surface area (Å²) in [5.74, 6) is 0. The van der Waals surface area contributed by atoms with Gasteiger partial charge in [0.1, 0.15) is 0 Å². The van der Waals surface area contributed by atoms with Crippen LogP contribution in [0.5, 0.6) is 0 Å². The second-order valence-electron chi connectivity index (χ2n) is 5.21. The average molecular weight is 306 g/mol. The molecule has 0 bridgehead atoms. The summed E-state index contributed by atoms with van der Waals surface area (Å²) in [7, 11) is 0. The highest BCUT2D eigenvalue weighted by molar-refractivity contribution is 7.18. The van der Waals surface area contributed by atoms with Gasteiger partial charge in [0, 0.05) is 18.3 Å². The fraction of sp³-hybridized carbons (Fsp3) is 0.533. The standard InChI is InChI=1S/C15H22N4OS/c1-5-9-19-11(4)7-8-12(14(19)20)13-17-18-15(21-13)16-10(3)6-2/h7-8,10H,5-6,9H2,1-4H3,(H,16,18). The first-order valence-electron chi connectivity index (χ1n) is 7.37. The van der Waals surface area contributed by atoms with E-state index in [1.807, 2.05) is 19.1 Å². The third-order valence-corrected chi connectivity index (χ3v) is 4.37. The van der Waals surface area contributed by atoms with Crippen molar-refractivity contribution in [2.24, 2.45) is 0 Å². The number of hydrogen-bond acceptors (Lipinski definition) is 5. The minimum atomic E-state index is 0.0167. The summed E-state index contributed by atoms with van der Waals surface area (Å²) in [4.78, 5) is 12.5. The number of nitrogens with zero attached hydrogens (tertiary/aromatic N) is 3. The molecule has 1 atom stereocenters. The van der Waals surface area contributed by atoms with Crippen molar-refractivity contribution < 1.29 is 0 Å². The summed E-state index contributed by atoms with van der Waals surface area (Å²) in [6, 6.07) is 4.16. The predicted octanol–water partition coefficient (Wildman–Crippen LogP) is 3.30. The Labute approximate surface area is 129 Å². The molecule has 2 heterocycles. The van der Waals surface area contributed by atoms with E-state index in [1.165, 1.54) is 11.3 Å². The lowest BCUT2D eigenvalue weighted by Gasteiger charge is -2.09. The van der Waals surface area contributed by atoms with Crippen LogP contribution in [0.1, 0.15) is 39.3 Å². The van der Waals surface area contributed by atoms with Crippen molar-refractivity contribution in [1.29, 1.82) is 0 Å². The fourth-order valence-corrected chi connectivity index (χ4v) is 2.91. The molecule has 2 aromatic rings. The second-order valence-corrected chi connectivity index (χ2v) is 6.19. The summed E-state index contributed by atoms with van der Waals surface area (Å²) in [6.45, 7) is 8.97. The normalized spacial score (nSPS) is 12.4. The maximum Gasteiger partial charge on any atom is 0.261 e. The van der Waals surface area contributed by atoms with Gasteiger partial charge in [-0.25, -0.2) is 0 Å². The highest BCUT2D eigenvalue weighted by atomic mass is 32.1. The van der Waals surface area contributed by atoms with Crippen LogP contribution in [0.3, 0.4) is 0 Å². The van der Waals surface area contributed by atoms with Crippen LogP contribution in [0, 0.1) is 6.92 Å². The van der Waals surface area contributed by atoms with E-state index in [2.05, 4.69) is 36.3 Å². The minimum absolute atomic E-state index is 0.0167. The monoisotopic (exact) mass is 306 g/mol. The smallest absolute Gasteiger partial charge is 0.261 e. The Bertz CT molecular complexity index is 662. The van der Waals surface area contributed by atoms with E-state index < -0.39 is 0 Å². The highest BCUT2D eigenvalue weighted by Crippen LogP contribution is 2.24.